The molecule has 1 aromatic carbocycles. The monoisotopic (exact) mass is 375 g/mol. The van der Waals surface area contributed by atoms with Gasteiger partial charge in [-0.3, -0.25) is 0 Å². The second kappa shape index (κ2) is 7.44. The van der Waals surface area contributed by atoms with Gasteiger partial charge in [-0.1, -0.05) is 37.3 Å². The highest BCUT2D eigenvalue weighted by atomic mass is 35.5. The largest absolute Gasteiger partial charge is 0.373 e. The average molecular weight is 376 g/mol. The summed E-state index contributed by atoms with van der Waals surface area (Å²) in [6.45, 7) is 3.79. The summed E-state index contributed by atoms with van der Waals surface area (Å²) >= 11 is 7.38. The van der Waals surface area contributed by atoms with E-state index in [0.29, 0.717) is 5.28 Å². The number of aromatic nitrogens is 2. The number of fused-ring (bicyclic) bond motifs is 1. The lowest BCUT2D eigenvalue weighted by atomic mass is 9.95. The Morgan fingerprint density at radius 1 is 1.24 bits per heavy atom. The zero-order chi connectivity index (χ0) is 17.2. The molecule has 1 saturated heterocycles. The molecular weight excluding hydrogens is 354 g/mol. The maximum Gasteiger partial charge on any atom is 0.224 e. The zero-order valence-corrected chi connectivity index (χ0v) is 15.9. The molecule has 1 N–H and O–H groups in total. The van der Waals surface area contributed by atoms with Gasteiger partial charge in [0.1, 0.15) is 5.82 Å². The van der Waals surface area contributed by atoms with Crippen LogP contribution in [0.2, 0.25) is 5.28 Å². The zero-order valence-electron chi connectivity index (χ0n) is 14.2. The Morgan fingerprint density at radius 2 is 2.08 bits per heavy atom. The molecule has 0 aliphatic carbocycles. The third kappa shape index (κ3) is 3.59. The summed E-state index contributed by atoms with van der Waals surface area (Å²) in [5.41, 5.74) is 2.26. The molecule has 0 amide bonds. The first kappa shape index (κ1) is 17.0. The first-order valence-electron chi connectivity index (χ1n) is 8.77. The van der Waals surface area contributed by atoms with Crippen molar-refractivity contribution < 1.29 is 4.74 Å². The van der Waals surface area contributed by atoms with Crippen LogP contribution in [0.3, 0.4) is 0 Å². The molecule has 0 saturated carbocycles. The summed E-state index contributed by atoms with van der Waals surface area (Å²) in [6.07, 6.45) is 3.74. The number of anilines is 1. The lowest BCUT2D eigenvalue weighted by molar-refractivity contribution is 0.0585. The van der Waals surface area contributed by atoms with Crippen LogP contribution in [0.15, 0.2) is 35.2 Å². The molecule has 0 bridgehead atoms. The standard InChI is InChI=1S/C19H22ClN3OS/c1-12-15-17(25-16(12)14-9-5-6-10-24-14)18(23-19(20)22-15)21-11-13-7-3-2-4-8-13/h2-4,7-8,12,14,25H,5-6,9-11H2,1H3,(H,21,22,23)/t12?,14-/m1/s1. The lowest BCUT2D eigenvalue weighted by Gasteiger charge is -2.25. The summed E-state index contributed by atoms with van der Waals surface area (Å²) in [5.74, 6) is 1.11. The predicted octanol–water partition coefficient (Wildman–Crippen LogP) is 4.43. The van der Waals surface area contributed by atoms with E-state index in [9.17, 15) is 0 Å². The Labute approximate surface area is 156 Å². The first-order valence-corrected chi connectivity index (χ1v) is 10.0. The molecule has 132 valence electrons. The van der Waals surface area contributed by atoms with Gasteiger partial charge in [0, 0.05) is 19.1 Å². The van der Waals surface area contributed by atoms with Crippen LogP contribution < -0.4 is 5.32 Å². The van der Waals surface area contributed by atoms with Crippen molar-refractivity contribution in [3.63, 3.8) is 0 Å². The van der Waals surface area contributed by atoms with E-state index in [1.807, 2.05) is 18.2 Å². The summed E-state index contributed by atoms with van der Waals surface area (Å²) in [6, 6.07) is 10.3. The van der Waals surface area contributed by atoms with Crippen LogP contribution in [0.5, 0.6) is 0 Å². The van der Waals surface area contributed by atoms with Gasteiger partial charge < -0.3 is 10.1 Å². The van der Waals surface area contributed by atoms with Crippen molar-refractivity contribution in [2.24, 2.45) is 0 Å². The Kier molecular flexibility index (Phi) is 5.06. The van der Waals surface area contributed by atoms with Crippen LogP contribution in [0.1, 0.15) is 43.4 Å². The van der Waals surface area contributed by atoms with Crippen molar-refractivity contribution in [3.05, 3.63) is 46.9 Å². The smallest absolute Gasteiger partial charge is 0.224 e. The van der Waals surface area contributed by atoms with Gasteiger partial charge in [0.05, 0.1) is 16.7 Å². The molecule has 1 aromatic heterocycles. The minimum Gasteiger partial charge on any atom is -0.373 e. The van der Waals surface area contributed by atoms with Crippen molar-refractivity contribution in [1.82, 2.24) is 9.97 Å². The molecule has 2 aliphatic rings. The van der Waals surface area contributed by atoms with Gasteiger partial charge in [-0.15, -0.1) is 0 Å². The van der Waals surface area contributed by atoms with E-state index in [-0.39, 0.29) is 12.0 Å². The van der Waals surface area contributed by atoms with E-state index in [4.69, 9.17) is 16.3 Å². The minimum atomic E-state index is 0.236. The van der Waals surface area contributed by atoms with E-state index in [1.165, 1.54) is 28.2 Å². The molecule has 4 rings (SSSR count). The molecule has 2 aromatic rings. The van der Waals surface area contributed by atoms with Gasteiger partial charge in [-0.25, -0.2) is 4.98 Å². The predicted molar refractivity (Wildman–Crippen MR) is 105 cm³/mol. The fraction of sp³-hybridized carbons (Fsp3) is 0.421. The van der Waals surface area contributed by atoms with E-state index in [1.54, 1.807) is 0 Å². The molecule has 2 aliphatic heterocycles. The third-order valence-corrected chi connectivity index (χ3v) is 6.56. The van der Waals surface area contributed by atoms with Crippen molar-refractivity contribution in [2.75, 3.05) is 11.9 Å². The number of ether oxygens (including phenoxy) is 1. The van der Waals surface area contributed by atoms with Gasteiger partial charge in [0.2, 0.25) is 5.28 Å². The number of hydrogen-bond acceptors (Lipinski definition) is 4. The number of halogens is 1. The molecule has 3 heterocycles. The number of hydrogen-bond donors (Lipinski definition) is 2. The van der Waals surface area contributed by atoms with Crippen LogP contribution in [0.4, 0.5) is 5.82 Å². The van der Waals surface area contributed by atoms with Gasteiger partial charge in [-0.2, -0.15) is 16.3 Å². The normalized spacial score (nSPS) is 22.7. The highest BCUT2D eigenvalue weighted by molar-refractivity contribution is 7.99. The Balaban J connectivity index is 1.61. The van der Waals surface area contributed by atoms with Crippen LogP contribution in [-0.2, 0) is 11.3 Å². The van der Waals surface area contributed by atoms with Crippen LogP contribution in [0.25, 0.3) is 0 Å². The average Bonchev–Trinajstić information content (AvgIpc) is 2.98. The van der Waals surface area contributed by atoms with Crippen LogP contribution >= 0.6 is 23.0 Å². The van der Waals surface area contributed by atoms with E-state index in [0.717, 1.165) is 42.4 Å². The van der Waals surface area contributed by atoms with Gasteiger partial charge in [-0.05, 0) is 41.3 Å². The van der Waals surface area contributed by atoms with Crippen molar-refractivity contribution in [3.8, 4) is 0 Å². The second-order valence-corrected chi connectivity index (χ2v) is 8.05. The molecule has 1 fully saturated rings. The molecule has 4 nitrogen and oxygen atoms in total. The van der Waals surface area contributed by atoms with Crippen molar-refractivity contribution >= 4 is 33.6 Å². The van der Waals surface area contributed by atoms with E-state index < -0.39 is 0 Å². The maximum atomic E-state index is 6.20. The molecular formula is C19H22ClN3OS. The number of benzene rings is 1. The van der Waals surface area contributed by atoms with E-state index >= 15 is 0 Å². The van der Waals surface area contributed by atoms with Crippen molar-refractivity contribution in [2.45, 2.75) is 49.6 Å². The molecule has 0 radical (unpaired) electrons. The van der Waals surface area contributed by atoms with Crippen molar-refractivity contribution in [1.29, 1.82) is 0 Å². The molecule has 2 atom stereocenters. The molecule has 6 heteroatoms. The summed E-state index contributed by atoms with van der Waals surface area (Å²) in [7, 11) is 0. The second-order valence-electron chi connectivity index (χ2n) is 6.53. The summed E-state index contributed by atoms with van der Waals surface area (Å²) in [5, 5.41) is 3.76. The fourth-order valence-corrected chi connectivity index (χ4v) is 5.14. The number of nitrogens with zero attached hydrogens (tertiary/aromatic N) is 2. The van der Waals surface area contributed by atoms with Crippen LogP contribution in [0, 0.1) is 0 Å². The highest BCUT2D eigenvalue weighted by Crippen LogP contribution is 2.41. The Hall–Kier alpha value is -1.43. The lowest BCUT2D eigenvalue weighted by Crippen LogP contribution is -2.29. The quantitative estimate of drug-likeness (QED) is 0.471. The first-order chi connectivity index (χ1) is 12.2. The molecule has 25 heavy (non-hydrogen) atoms. The summed E-state index contributed by atoms with van der Waals surface area (Å²) < 4.78 is 6.02. The topological polar surface area (TPSA) is 47.0 Å². The maximum absolute atomic E-state index is 6.20. The fourth-order valence-electron chi connectivity index (χ4n) is 3.45. The summed E-state index contributed by atoms with van der Waals surface area (Å²) in [4.78, 5) is 11.5. The Morgan fingerprint density at radius 3 is 2.84 bits per heavy atom. The molecule has 0 spiro atoms. The van der Waals surface area contributed by atoms with Gasteiger partial charge in [0.25, 0.3) is 0 Å². The van der Waals surface area contributed by atoms with Gasteiger partial charge in [0.15, 0.2) is 0 Å². The van der Waals surface area contributed by atoms with Crippen LogP contribution in [-0.4, -0.2) is 27.5 Å². The van der Waals surface area contributed by atoms with Gasteiger partial charge >= 0.3 is 0 Å². The highest BCUT2D eigenvalue weighted by Gasteiger charge is 2.32. The molecule has 1 unspecified atom stereocenters. The van der Waals surface area contributed by atoms with E-state index in [2.05, 4.69) is 34.3 Å². The Bertz CT molecular complexity index is 791. The third-order valence-electron chi connectivity index (χ3n) is 4.79. The number of nitrogens with one attached hydrogen (secondary N) is 1. The minimum absolute atomic E-state index is 0.236. The number of thiol groups is 1. The SMILES string of the molecule is CC1C([C@H]2CCCCO2)=[SH]c2c(NCc3ccccc3)nc(Cl)nc21. The number of rotatable bonds is 4.